The molecular formula is C22H31NO5. The number of alkyl carbamates (subject to hydrolysis) is 1. The summed E-state index contributed by atoms with van der Waals surface area (Å²) in [5, 5.41) is 2.88. The van der Waals surface area contributed by atoms with Crippen LogP contribution in [0.5, 0.6) is 5.75 Å². The monoisotopic (exact) mass is 389 g/mol. The molecule has 1 aromatic carbocycles. The summed E-state index contributed by atoms with van der Waals surface area (Å²) in [6.07, 6.45) is 3.94. The summed E-state index contributed by atoms with van der Waals surface area (Å²) in [5.41, 5.74) is 0.499. The molecular weight excluding hydrogens is 358 g/mol. The molecule has 154 valence electrons. The Morgan fingerprint density at radius 2 is 1.93 bits per heavy atom. The fourth-order valence-electron chi connectivity index (χ4n) is 2.92. The minimum Gasteiger partial charge on any atom is -0.452 e. The van der Waals surface area contributed by atoms with Gasteiger partial charge in [-0.3, -0.25) is 0 Å². The van der Waals surface area contributed by atoms with Crippen LogP contribution in [0.1, 0.15) is 70.8 Å². The average molecular weight is 389 g/mol. The SMILES string of the molecule is CC(C)C[C@@H](/C=C/c1cccc2c1C(=O)OC(C)(C)O2)NC(=O)OC(C)(C)C. The second kappa shape index (κ2) is 8.25. The summed E-state index contributed by atoms with van der Waals surface area (Å²) in [6, 6.07) is 5.16. The molecule has 2 rings (SSSR count). The third-order valence-corrected chi connectivity index (χ3v) is 3.89. The molecule has 1 N–H and O–H groups in total. The van der Waals surface area contributed by atoms with Crippen LogP contribution in [0, 0.1) is 5.92 Å². The third kappa shape index (κ3) is 6.29. The molecule has 0 bridgehead atoms. The number of carbonyl (C=O) groups is 2. The Kier molecular flexibility index (Phi) is 6.42. The Morgan fingerprint density at radius 1 is 1.25 bits per heavy atom. The summed E-state index contributed by atoms with van der Waals surface area (Å²) in [7, 11) is 0. The van der Waals surface area contributed by atoms with E-state index < -0.39 is 23.5 Å². The van der Waals surface area contributed by atoms with E-state index in [1.165, 1.54) is 0 Å². The highest BCUT2D eigenvalue weighted by Crippen LogP contribution is 2.33. The Morgan fingerprint density at radius 3 is 2.54 bits per heavy atom. The van der Waals surface area contributed by atoms with Crippen LogP contribution in [-0.4, -0.2) is 29.5 Å². The number of nitrogens with one attached hydrogen (secondary N) is 1. The molecule has 28 heavy (non-hydrogen) atoms. The molecule has 1 heterocycles. The number of cyclic esters (lactones) is 1. The van der Waals surface area contributed by atoms with E-state index in [0.717, 1.165) is 6.42 Å². The predicted octanol–water partition coefficient (Wildman–Crippen LogP) is 4.92. The van der Waals surface area contributed by atoms with Crippen molar-refractivity contribution in [1.29, 1.82) is 0 Å². The zero-order valence-corrected chi connectivity index (χ0v) is 17.8. The zero-order chi connectivity index (χ0) is 21.1. The van der Waals surface area contributed by atoms with Gasteiger partial charge in [-0.05, 0) is 44.7 Å². The van der Waals surface area contributed by atoms with E-state index >= 15 is 0 Å². The van der Waals surface area contributed by atoms with Gasteiger partial charge in [-0.2, -0.15) is 0 Å². The number of hydrogen-bond donors (Lipinski definition) is 1. The van der Waals surface area contributed by atoms with Crippen LogP contribution < -0.4 is 10.1 Å². The Balaban J connectivity index is 2.23. The maximum absolute atomic E-state index is 12.5. The second-order valence-electron chi connectivity index (χ2n) is 8.85. The lowest BCUT2D eigenvalue weighted by atomic mass is 10.00. The minimum atomic E-state index is -0.995. The molecule has 1 amide bonds. The summed E-state index contributed by atoms with van der Waals surface area (Å²) < 4.78 is 16.5. The number of esters is 1. The average Bonchev–Trinajstić information content (AvgIpc) is 2.48. The van der Waals surface area contributed by atoms with Gasteiger partial charge < -0.3 is 19.5 Å². The van der Waals surface area contributed by atoms with Gasteiger partial charge in [0.25, 0.3) is 0 Å². The lowest BCUT2D eigenvalue weighted by molar-refractivity contribution is -0.127. The molecule has 1 aromatic rings. The maximum Gasteiger partial charge on any atom is 0.408 e. The van der Waals surface area contributed by atoms with Crippen LogP contribution >= 0.6 is 0 Å². The van der Waals surface area contributed by atoms with Gasteiger partial charge in [0.2, 0.25) is 5.79 Å². The van der Waals surface area contributed by atoms with Gasteiger partial charge in [-0.15, -0.1) is 0 Å². The molecule has 0 saturated heterocycles. The van der Waals surface area contributed by atoms with Crippen molar-refractivity contribution in [3.05, 3.63) is 35.4 Å². The Hall–Kier alpha value is -2.50. The van der Waals surface area contributed by atoms with Gasteiger partial charge in [0.05, 0.1) is 6.04 Å². The van der Waals surface area contributed by atoms with E-state index in [4.69, 9.17) is 14.2 Å². The first-order chi connectivity index (χ1) is 12.9. The molecule has 1 aliphatic heterocycles. The molecule has 0 spiro atoms. The highest BCUT2D eigenvalue weighted by atomic mass is 16.7. The van der Waals surface area contributed by atoms with Crippen LogP contribution in [0.15, 0.2) is 24.3 Å². The predicted molar refractivity (Wildman–Crippen MR) is 108 cm³/mol. The largest absolute Gasteiger partial charge is 0.452 e. The molecule has 1 aliphatic rings. The van der Waals surface area contributed by atoms with E-state index in [0.29, 0.717) is 22.8 Å². The van der Waals surface area contributed by atoms with Crippen molar-refractivity contribution >= 4 is 18.1 Å². The Labute approximate surface area is 167 Å². The van der Waals surface area contributed by atoms with Gasteiger partial charge >= 0.3 is 12.1 Å². The first kappa shape index (κ1) is 21.8. The van der Waals surface area contributed by atoms with Crippen molar-refractivity contribution in [3.63, 3.8) is 0 Å². The summed E-state index contributed by atoms with van der Waals surface area (Å²) >= 11 is 0. The van der Waals surface area contributed by atoms with Crippen molar-refractivity contribution in [1.82, 2.24) is 5.32 Å². The van der Waals surface area contributed by atoms with E-state index in [2.05, 4.69) is 19.2 Å². The summed E-state index contributed by atoms with van der Waals surface area (Å²) in [6.45, 7) is 13.0. The standard InChI is InChI=1S/C22H31NO5/c1-14(2)13-16(23-20(25)28-21(3,4)5)12-11-15-9-8-10-17-18(15)19(24)27-22(6,7)26-17/h8-12,14,16H,13H2,1-7H3,(H,23,25)/b12-11+/t16-/m1/s1. The van der Waals surface area contributed by atoms with Crippen molar-refractivity contribution in [2.75, 3.05) is 0 Å². The topological polar surface area (TPSA) is 73.9 Å². The van der Waals surface area contributed by atoms with Gasteiger partial charge in [0.1, 0.15) is 16.9 Å². The van der Waals surface area contributed by atoms with Gasteiger partial charge in [0, 0.05) is 13.8 Å². The molecule has 0 saturated carbocycles. The molecule has 1 atom stereocenters. The van der Waals surface area contributed by atoms with Crippen molar-refractivity contribution < 1.29 is 23.8 Å². The van der Waals surface area contributed by atoms with E-state index in [1.807, 2.05) is 45.1 Å². The first-order valence-electron chi connectivity index (χ1n) is 9.59. The smallest absolute Gasteiger partial charge is 0.408 e. The molecule has 6 heteroatoms. The van der Waals surface area contributed by atoms with E-state index in [-0.39, 0.29) is 6.04 Å². The molecule has 0 unspecified atom stereocenters. The van der Waals surface area contributed by atoms with Gasteiger partial charge in [-0.25, -0.2) is 9.59 Å². The van der Waals surface area contributed by atoms with Gasteiger partial charge in [0.15, 0.2) is 0 Å². The van der Waals surface area contributed by atoms with Crippen LogP contribution in [-0.2, 0) is 9.47 Å². The van der Waals surface area contributed by atoms with Crippen LogP contribution in [0.2, 0.25) is 0 Å². The quantitative estimate of drug-likeness (QED) is 0.723. The summed E-state index contributed by atoms with van der Waals surface area (Å²) in [5.74, 6) is -0.565. The molecule has 6 nitrogen and oxygen atoms in total. The highest BCUT2D eigenvalue weighted by molar-refractivity contribution is 5.97. The van der Waals surface area contributed by atoms with Crippen LogP contribution in [0.25, 0.3) is 6.08 Å². The number of carbonyl (C=O) groups excluding carboxylic acids is 2. The molecule has 0 radical (unpaired) electrons. The number of ether oxygens (including phenoxy) is 3. The molecule has 0 fully saturated rings. The van der Waals surface area contributed by atoms with Crippen molar-refractivity contribution in [2.24, 2.45) is 5.92 Å². The van der Waals surface area contributed by atoms with Crippen LogP contribution in [0.4, 0.5) is 4.79 Å². The number of rotatable bonds is 5. The van der Waals surface area contributed by atoms with E-state index in [9.17, 15) is 9.59 Å². The van der Waals surface area contributed by atoms with Crippen LogP contribution in [0.3, 0.4) is 0 Å². The second-order valence-corrected chi connectivity index (χ2v) is 8.85. The molecule has 0 aliphatic carbocycles. The maximum atomic E-state index is 12.5. The lowest BCUT2D eigenvalue weighted by Crippen LogP contribution is -2.39. The van der Waals surface area contributed by atoms with E-state index in [1.54, 1.807) is 19.9 Å². The minimum absolute atomic E-state index is 0.234. The van der Waals surface area contributed by atoms with Gasteiger partial charge in [-0.1, -0.05) is 38.1 Å². The Bertz CT molecular complexity index is 759. The number of amides is 1. The molecule has 0 aromatic heterocycles. The first-order valence-corrected chi connectivity index (χ1v) is 9.59. The van der Waals surface area contributed by atoms with Crippen molar-refractivity contribution in [2.45, 2.75) is 72.3 Å². The normalized spacial score (nSPS) is 16.9. The fraction of sp³-hybridized carbons (Fsp3) is 0.545. The van der Waals surface area contributed by atoms with Crippen molar-refractivity contribution in [3.8, 4) is 5.75 Å². The third-order valence-electron chi connectivity index (χ3n) is 3.89. The lowest BCUT2D eigenvalue weighted by Gasteiger charge is -2.32. The summed E-state index contributed by atoms with van der Waals surface area (Å²) in [4.78, 5) is 24.6. The highest BCUT2D eigenvalue weighted by Gasteiger charge is 2.35. The zero-order valence-electron chi connectivity index (χ0n) is 17.8. The number of hydrogen-bond acceptors (Lipinski definition) is 5. The number of fused-ring (bicyclic) bond motifs is 1. The fourth-order valence-corrected chi connectivity index (χ4v) is 2.92. The number of benzene rings is 1.